The molecule has 2 aromatic heterocycles. The summed E-state index contributed by atoms with van der Waals surface area (Å²) in [6.07, 6.45) is 0.996. The molecule has 3 heterocycles. The summed E-state index contributed by atoms with van der Waals surface area (Å²) < 4.78 is 39.8. The summed E-state index contributed by atoms with van der Waals surface area (Å²) in [6.45, 7) is 5.80. The van der Waals surface area contributed by atoms with E-state index >= 15 is 0 Å². The number of carbonyl (C=O) groups is 1. The third kappa shape index (κ3) is 6.55. The van der Waals surface area contributed by atoms with Crippen LogP contribution in [-0.2, 0) is 29.0 Å². The number of aryl methyl sites for hydroxylation is 1. The number of nitrogens with one attached hydrogen (secondary N) is 1. The van der Waals surface area contributed by atoms with Gasteiger partial charge in [-0.1, -0.05) is 0 Å². The van der Waals surface area contributed by atoms with E-state index in [2.05, 4.69) is 35.3 Å². The molecule has 4 rings (SSSR count). The van der Waals surface area contributed by atoms with Crippen molar-refractivity contribution in [2.45, 2.75) is 51.6 Å². The molecular weight excluding hydrogens is 407 g/mol. The molecule has 2 N–H and O–H groups in total. The molecule has 1 atom stereocenters. The minimum Gasteiger partial charge on any atom is -0.475 e. The van der Waals surface area contributed by atoms with Gasteiger partial charge >= 0.3 is 12.1 Å². The van der Waals surface area contributed by atoms with Crippen LogP contribution in [0.25, 0.3) is 0 Å². The molecule has 0 amide bonds. The zero-order valence-electron chi connectivity index (χ0n) is 16.0. The molecular formula is C19H24F3N3O3S. The van der Waals surface area contributed by atoms with Gasteiger partial charge in [0.15, 0.2) is 0 Å². The first-order valence-corrected chi connectivity index (χ1v) is 10.3. The molecule has 0 bridgehead atoms. The lowest BCUT2D eigenvalue weighted by Gasteiger charge is -2.22. The monoisotopic (exact) mass is 431 g/mol. The zero-order chi connectivity index (χ0) is 21.0. The maximum absolute atomic E-state index is 10.6. The number of nitrogens with zero attached hydrogens (tertiary/aromatic N) is 2. The van der Waals surface area contributed by atoms with Gasteiger partial charge in [0.25, 0.3) is 0 Å². The molecule has 10 heteroatoms. The number of aromatic nitrogens is 2. The van der Waals surface area contributed by atoms with E-state index in [0.717, 1.165) is 44.3 Å². The SMILES string of the molecule is Cc1ccc(CNCC2OCCc3cn(CC4CC4)nc32)s1.O=C(O)C(F)(F)F. The first kappa shape index (κ1) is 21.8. The van der Waals surface area contributed by atoms with Gasteiger partial charge in [0.05, 0.1) is 12.3 Å². The summed E-state index contributed by atoms with van der Waals surface area (Å²) in [5, 5.41) is 15.4. The van der Waals surface area contributed by atoms with Crippen molar-refractivity contribution in [3.63, 3.8) is 0 Å². The normalized spacial score (nSPS) is 18.7. The minimum absolute atomic E-state index is 0.102. The van der Waals surface area contributed by atoms with Crippen LogP contribution in [0.15, 0.2) is 18.3 Å². The molecule has 1 fully saturated rings. The van der Waals surface area contributed by atoms with E-state index in [0.29, 0.717) is 0 Å². The Hall–Kier alpha value is -1.91. The van der Waals surface area contributed by atoms with Crippen molar-refractivity contribution in [1.29, 1.82) is 0 Å². The summed E-state index contributed by atoms with van der Waals surface area (Å²) >= 11 is 1.85. The highest BCUT2D eigenvalue weighted by atomic mass is 32.1. The van der Waals surface area contributed by atoms with Gasteiger partial charge in [0.1, 0.15) is 6.10 Å². The zero-order valence-corrected chi connectivity index (χ0v) is 16.9. The van der Waals surface area contributed by atoms with Crippen LogP contribution in [0, 0.1) is 12.8 Å². The number of rotatable bonds is 6. The van der Waals surface area contributed by atoms with Crippen molar-refractivity contribution in [2.24, 2.45) is 5.92 Å². The van der Waals surface area contributed by atoms with Crippen LogP contribution in [0.2, 0.25) is 0 Å². The Morgan fingerprint density at radius 3 is 2.72 bits per heavy atom. The van der Waals surface area contributed by atoms with Crippen LogP contribution in [0.5, 0.6) is 0 Å². The Balaban J connectivity index is 0.000000298. The van der Waals surface area contributed by atoms with Gasteiger partial charge in [0, 0.05) is 35.6 Å². The Kier molecular flexibility index (Phi) is 6.97. The lowest BCUT2D eigenvalue weighted by molar-refractivity contribution is -0.192. The molecule has 1 aliphatic carbocycles. The van der Waals surface area contributed by atoms with Crippen molar-refractivity contribution in [2.75, 3.05) is 13.2 Å². The highest BCUT2D eigenvalue weighted by Crippen LogP contribution is 2.32. The molecule has 0 spiro atoms. The molecule has 0 radical (unpaired) electrons. The molecule has 1 aliphatic heterocycles. The lowest BCUT2D eigenvalue weighted by Crippen LogP contribution is -2.27. The van der Waals surface area contributed by atoms with Gasteiger partial charge in [-0.05, 0) is 49.8 Å². The maximum atomic E-state index is 10.6. The average Bonchev–Trinajstić information content (AvgIpc) is 3.19. The minimum atomic E-state index is -5.08. The van der Waals surface area contributed by atoms with Crippen molar-refractivity contribution < 1.29 is 27.8 Å². The van der Waals surface area contributed by atoms with E-state index in [1.165, 1.54) is 28.2 Å². The molecule has 1 unspecified atom stereocenters. The van der Waals surface area contributed by atoms with Crippen molar-refractivity contribution in [1.82, 2.24) is 15.1 Å². The highest BCUT2D eigenvalue weighted by molar-refractivity contribution is 7.11. The predicted octanol–water partition coefficient (Wildman–Crippen LogP) is 3.70. The fourth-order valence-electron chi connectivity index (χ4n) is 3.05. The number of hydrogen-bond acceptors (Lipinski definition) is 5. The van der Waals surface area contributed by atoms with Crippen molar-refractivity contribution in [3.8, 4) is 0 Å². The topological polar surface area (TPSA) is 76.4 Å². The van der Waals surface area contributed by atoms with Crippen molar-refractivity contribution in [3.05, 3.63) is 39.3 Å². The number of fused-ring (bicyclic) bond motifs is 1. The van der Waals surface area contributed by atoms with Gasteiger partial charge in [-0.3, -0.25) is 4.68 Å². The number of ether oxygens (including phenoxy) is 1. The largest absolute Gasteiger partial charge is 0.490 e. The molecule has 29 heavy (non-hydrogen) atoms. The second-order valence-corrected chi connectivity index (χ2v) is 8.63. The molecule has 2 aromatic rings. The summed E-state index contributed by atoms with van der Waals surface area (Å²) in [6, 6.07) is 4.38. The number of carboxylic acid groups (broad SMARTS) is 1. The summed E-state index contributed by atoms with van der Waals surface area (Å²) in [5.41, 5.74) is 2.53. The lowest BCUT2D eigenvalue weighted by atomic mass is 10.1. The van der Waals surface area contributed by atoms with Gasteiger partial charge in [-0.2, -0.15) is 18.3 Å². The van der Waals surface area contributed by atoms with Crippen LogP contribution in [0.4, 0.5) is 13.2 Å². The van der Waals surface area contributed by atoms with Gasteiger partial charge < -0.3 is 15.2 Å². The number of alkyl halides is 3. The quantitative estimate of drug-likeness (QED) is 0.730. The standard InChI is InChI=1S/C17H23N3OS.C2HF3O2/c1-12-2-5-15(22-12)8-18-9-16-17-14(6-7-21-16)11-20(19-17)10-13-3-4-13;3-2(4,5)1(6)7/h2,5,11,13,16,18H,3-4,6-10H2,1H3;(H,6,7). The van der Waals surface area contributed by atoms with Gasteiger partial charge in [-0.15, -0.1) is 11.3 Å². The van der Waals surface area contributed by atoms with Crippen LogP contribution in [-0.4, -0.2) is 40.2 Å². The van der Waals surface area contributed by atoms with E-state index in [9.17, 15) is 13.2 Å². The summed E-state index contributed by atoms with van der Waals surface area (Å²) in [5.74, 6) is -1.89. The van der Waals surface area contributed by atoms with Crippen LogP contribution >= 0.6 is 11.3 Å². The Morgan fingerprint density at radius 1 is 1.41 bits per heavy atom. The Morgan fingerprint density at radius 2 is 2.14 bits per heavy atom. The second kappa shape index (κ2) is 9.27. The van der Waals surface area contributed by atoms with Gasteiger partial charge in [0.2, 0.25) is 0 Å². The van der Waals surface area contributed by atoms with E-state index in [4.69, 9.17) is 19.7 Å². The first-order valence-electron chi connectivity index (χ1n) is 9.46. The number of hydrogen-bond donors (Lipinski definition) is 2. The Bertz CT molecular complexity index is 830. The number of aliphatic carboxylic acids is 1. The molecule has 2 aliphatic rings. The van der Waals surface area contributed by atoms with Crippen molar-refractivity contribution >= 4 is 17.3 Å². The van der Waals surface area contributed by atoms with E-state index in [1.54, 1.807) is 0 Å². The number of thiophene rings is 1. The number of carboxylic acids is 1. The third-order valence-corrected chi connectivity index (χ3v) is 5.68. The van der Waals surface area contributed by atoms with Gasteiger partial charge in [-0.25, -0.2) is 4.79 Å². The third-order valence-electron chi connectivity index (χ3n) is 4.68. The summed E-state index contributed by atoms with van der Waals surface area (Å²) in [4.78, 5) is 11.6. The molecule has 1 saturated carbocycles. The summed E-state index contributed by atoms with van der Waals surface area (Å²) in [7, 11) is 0. The highest BCUT2D eigenvalue weighted by Gasteiger charge is 2.38. The first-order chi connectivity index (χ1) is 13.7. The van der Waals surface area contributed by atoms with Crippen LogP contribution in [0.3, 0.4) is 0 Å². The fraction of sp³-hybridized carbons (Fsp3) is 0.579. The molecule has 0 saturated heterocycles. The van der Waals surface area contributed by atoms with E-state index in [1.807, 2.05) is 11.3 Å². The van der Waals surface area contributed by atoms with Crippen LogP contribution < -0.4 is 5.32 Å². The maximum Gasteiger partial charge on any atom is 0.490 e. The smallest absolute Gasteiger partial charge is 0.475 e. The van der Waals surface area contributed by atoms with E-state index < -0.39 is 12.1 Å². The van der Waals surface area contributed by atoms with Crippen LogP contribution in [0.1, 0.15) is 40.0 Å². The molecule has 160 valence electrons. The Labute approximate surface area is 170 Å². The second-order valence-electron chi connectivity index (χ2n) is 7.26. The fourth-order valence-corrected chi connectivity index (χ4v) is 3.91. The van der Waals surface area contributed by atoms with E-state index in [-0.39, 0.29) is 6.10 Å². The predicted molar refractivity (Wildman–Crippen MR) is 102 cm³/mol. The molecule has 6 nitrogen and oxygen atoms in total. The molecule has 0 aromatic carbocycles. The number of halogens is 3. The average molecular weight is 431 g/mol.